The van der Waals surface area contributed by atoms with Crippen molar-refractivity contribution in [3.05, 3.63) is 92.0 Å². The highest BCUT2D eigenvalue weighted by atomic mass is 79.9. The molecule has 0 aliphatic heterocycles. The van der Waals surface area contributed by atoms with Crippen molar-refractivity contribution < 1.29 is 14.4 Å². The van der Waals surface area contributed by atoms with Gasteiger partial charge >= 0.3 is 11.8 Å². The molecule has 0 unspecified atom stereocenters. The number of carbonyl (C=O) groups is 3. The number of amides is 3. The van der Waals surface area contributed by atoms with Crippen molar-refractivity contribution in [2.45, 2.75) is 20.8 Å². The largest absolute Gasteiger partial charge is 0.328 e. The molecule has 0 spiro atoms. The summed E-state index contributed by atoms with van der Waals surface area (Å²) in [4.78, 5) is 38.8. The minimum Gasteiger partial charge on any atom is -0.320 e. The molecule has 0 bridgehead atoms. The second kappa shape index (κ2) is 10.1. The van der Waals surface area contributed by atoms with Crippen molar-refractivity contribution in [1.29, 1.82) is 0 Å². The molecule has 0 saturated heterocycles. The van der Waals surface area contributed by atoms with Crippen LogP contribution in [0.1, 0.15) is 27.2 Å². The third-order valence-electron chi connectivity index (χ3n) is 5.49. The summed E-state index contributed by atoms with van der Waals surface area (Å²) in [5.74, 6) is -2.18. The summed E-state index contributed by atoms with van der Waals surface area (Å²) in [7, 11) is 0. The Morgan fingerprint density at radius 3 is 2.17 bits per heavy atom. The molecule has 3 amide bonds. The molecular weight excluding hydrogens is 576 g/mol. The van der Waals surface area contributed by atoms with E-state index in [0.717, 1.165) is 25.6 Å². The SMILES string of the molecule is Cc1ccc(C)c(NC(=O)C(=O)Nn2c(C(=O)Nc3ccc(Br)cc3C)cc3cc(Br)ccc32)c1. The average Bonchev–Trinajstić information content (AvgIpc) is 3.15. The van der Waals surface area contributed by atoms with Gasteiger partial charge in [-0.15, -0.1) is 0 Å². The molecule has 3 N–H and O–H groups in total. The van der Waals surface area contributed by atoms with Crippen molar-refractivity contribution in [2.24, 2.45) is 0 Å². The quantitative estimate of drug-likeness (QED) is 0.250. The molecule has 1 heterocycles. The van der Waals surface area contributed by atoms with Crippen molar-refractivity contribution >= 4 is 71.9 Å². The zero-order chi connectivity index (χ0) is 25.3. The van der Waals surface area contributed by atoms with Crippen LogP contribution < -0.4 is 16.1 Å². The maximum absolute atomic E-state index is 13.2. The third kappa shape index (κ3) is 5.47. The van der Waals surface area contributed by atoms with Crippen LogP contribution >= 0.6 is 31.9 Å². The monoisotopic (exact) mass is 596 g/mol. The first-order valence-corrected chi connectivity index (χ1v) is 12.3. The predicted octanol–water partition coefficient (Wildman–Crippen LogP) is 6.05. The van der Waals surface area contributed by atoms with Gasteiger partial charge in [0.15, 0.2) is 0 Å². The van der Waals surface area contributed by atoms with Crippen LogP contribution in [0.3, 0.4) is 0 Å². The number of aryl methyl sites for hydroxylation is 3. The highest BCUT2D eigenvalue weighted by Crippen LogP contribution is 2.25. The molecule has 7 nitrogen and oxygen atoms in total. The minimum absolute atomic E-state index is 0.174. The van der Waals surface area contributed by atoms with Gasteiger partial charge in [0, 0.05) is 25.7 Å². The van der Waals surface area contributed by atoms with Crippen LogP contribution in [-0.2, 0) is 9.59 Å². The number of benzene rings is 3. The molecular formula is C26H22Br2N4O3. The van der Waals surface area contributed by atoms with E-state index in [0.29, 0.717) is 22.3 Å². The lowest BCUT2D eigenvalue weighted by Crippen LogP contribution is -2.36. The molecule has 35 heavy (non-hydrogen) atoms. The number of carbonyl (C=O) groups excluding carboxylic acids is 3. The lowest BCUT2D eigenvalue weighted by atomic mass is 10.1. The van der Waals surface area contributed by atoms with Gasteiger partial charge in [-0.2, -0.15) is 0 Å². The molecule has 4 rings (SSSR count). The number of nitrogens with zero attached hydrogens (tertiary/aromatic N) is 1. The molecule has 3 aromatic carbocycles. The number of hydrogen-bond donors (Lipinski definition) is 3. The molecule has 9 heteroatoms. The second-order valence-electron chi connectivity index (χ2n) is 8.19. The van der Waals surface area contributed by atoms with E-state index in [1.807, 2.05) is 51.1 Å². The Bertz CT molecular complexity index is 1490. The van der Waals surface area contributed by atoms with E-state index in [9.17, 15) is 14.4 Å². The summed E-state index contributed by atoms with van der Waals surface area (Å²) in [6.45, 7) is 5.63. The molecule has 4 aromatic rings. The average molecular weight is 598 g/mol. The fraction of sp³-hybridized carbons (Fsp3) is 0.115. The fourth-order valence-electron chi connectivity index (χ4n) is 3.63. The zero-order valence-electron chi connectivity index (χ0n) is 19.2. The fourth-order valence-corrected chi connectivity index (χ4v) is 4.48. The number of halogens is 2. The number of anilines is 2. The molecule has 0 aliphatic carbocycles. The highest BCUT2D eigenvalue weighted by Gasteiger charge is 2.22. The zero-order valence-corrected chi connectivity index (χ0v) is 22.4. The van der Waals surface area contributed by atoms with Gasteiger partial charge in [0.1, 0.15) is 5.69 Å². The van der Waals surface area contributed by atoms with Crippen LogP contribution in [-0.4, -0.2) is 22.4 Å². The molecule has 0 aliphatic rings. The number of rotatable bonds is 4. The Balaban J connectivity index is 1.65. The first-order chi connectivity index (χ1) is 16.6. The van der Waals surface area contributed by atoms with E-state index in [1.165, 1.54) is 4.68 Å². The lowest BCUT2D eigenvalue weighted by molar-refractivity contribution is -0.133. The molecule has 0 saturated carbocycles. The topological polar surface area (TPSA) is 92.2 Å². The van der Waals surface area contributed by atoms with Gasteiger partial charge in [-0.05, 0) is 86.0 Å². The van der Waals surface area contributed by atoms with Gasteiger partial charge in [-0.3, -0.25) is 19.8 Å². The van der Waals surface area contributed by atoms with E-state index < -0.39 is 17.7 Å². The third-order valence-corrected chi connectivity index (χ3v) is 6.48. The summed E-state index contributed by atoms with van der Waals surface area (Å²) in [6.07, 6.45) is 0. The summed E-state index contributed by atoms with van der Waals surface area (Å²) in [5, 5.41) is 6.24. The van der Waals surface area contributed by atoms with Crippen LogP contribution in [0.25, 0.3) is 10.9 Å². The molecule has 0 fully saturated rings. The number of nitrogens with one attached hydrogen (secondary N) is 3. The van der Waals surface area contributed by atoms with Gasteiger partial charge in [0.2, 0.25) is 0 Å². The predicted molar refractivity (Wildman–Crippen MR) is 145 cm³/mol. The van der Waals surface area contributed by atoms with E-state index in [-0.39, 0.29) is 5.69 Å². The molecule has 0 radical (unpaired) electrons. The number of hydrogen-bond acceptors (Lipinski definition) is 3. The summed E-state index contributed by atoms with van der Waals surface area (Å²) < 4.78 is 3.04. The first kappa shape index (κ1) is 24.7. The number of aromatic nitrogens is 1. The van der Waals surface area contributed by atoms with E-state index in [2.05, 4.69) is 47.9 Å². The van der Waals surface area contributed by atoms with Crippen LogP contribution in [0.4, 0.5) is 11.4 Å². The van der Waals surface area contributed by atoms with Crippen molar-refractivity contribution in [3.8, 4) is 0 Å². The van der Waals surface area contributed by atoms with Gasteiger partial charge in [-0.25, -0.2) is 4.68 Å². The van der Waals surface area contributed by atoms with Crippen LogP contribution in [0.15, 0.2) is 69.6 Å². The molecule has 0 atom stereocenters. The Labute approximate surface area is 219 Å². The van der Waals surface area contributed by atoms with Crippen molar-refractivity contribution in [2.75, 3.05) is 16.1 Å². The van der Waals surface area contributed by atoms with Crippen LogP contribution in [0, 0.1) is 20.8 Å². The summed E-state index contributed by atoms with van der Waals surface area (Å²) in [6, 6.07) is 18.1. The van der Waals surface area contributed by atoms with Crippen LogP contribution in [0.2, 0.25) is 0 Å². The maximum Gasteiger partial charge on any atom is 0.328 e. The van der Waals surface area contributed by atoms with E-state index in [1.54, 1.807) is 30.3 Å². The standard InChI is InChI=1S/C26H22Br2N4O3/c1-14-4-5-15(2)21(10-14)30-25(34)26(35)31-32-22-9-7-19(28)12-17(22)13-23(32)24(33)29-20-8-6-18(27)11-16(20)3/h4-13H,1-3H3,(H,29,33)(H,30,34)(H,31,35). The first-order valence-electron chi connectivity index (χ1n) is 10.7. The Morgan fingerprint density at radius 2 is 1.43 bits per heavy atom. The highest BCUT2D eigenvalue weighted by molar-refractivity contribution is 9.10. The normalized spacial score (nSPS) is 10.8. The van der Waals surface area contributed by atoms with Gasteiger partial charge in [0.25, 0.3) is 5.91 Å². The maximum atomic E-state index is 13.2. The van der Waals surface area contributed by atoms with Crippen molar-refractivity contribution in [3.63, 3.8) is 0 Å². The minimum atomic E-state index is -0.903. The Morgan fingerprint density at radius 1 is 0.714 bits per heavy atom. The summed E-state index contributed by atoms with van der Waals surface area (Å²) in [5.41, 5.74) is 7.16. The summed E-state index contributed by atoms with van der Waals surface area (Å²) >= 11 is 6.85. The van der Waals surface area contributed by atoms with E-state index in [4.69, 9.17) is 0 Å². The molecule has 178 valence electrons. The Kier molecular flexibility index (Phi) is 7.09. The van der Waals surface area contributed by atoms with Gasteiger partial charge < -0.3 is 10.6 Å². The van der Waals surface area contributed by atoms with E-state index >= 15 is 0 Å². The van der Waals surface area contributed by atoms with Crippen molar-refractivity contribution in [1.82, 2.24) is 4.68 Å². The smallest absolute Gasteiger partial charge is 0.320 e. The number of fused-ring (bicyclic) bond motifs is 1. The van der Waals surface area contributed by atoms with Gasteiger partial charge in [0.05, 0.1) is 5.52 Å². The van der Waals surface area contributed by atoms with Gasteiger partial charge in [-0.1, -0.05) is 44.0 Å². The second-order valence-corrected chi connectivity index (χ2v) is 10.0. The molecule has 1 aromatic heterocycles. The Hall–Kier alpha value is -3.43. The lowest BCUT2D eigenvalue weighted by Gasteiger charge is -2.14. The van der Waals surface area contributed by atoms with Crippen LogP contribution in [0.5, 0.6) is 0 Å².